The average molecular weight is 742 g/mol. The van der Waals surface area contributed by atoms with Gasteiger partial charge >= 0.3 is 0 Å². The molecule has 2 rings (SSSR count). The zero-order chi connectivity index (χ0) is 38.5. The zero-order valence-corrected chi connectivity index (χ0v) is 30.6. The Morgan fingerprint density at radius 1 is 0.635 bits per heavy atom. The molecule has 0 saturated heterocycles. The van der Waals surface area contributed by atoms with E-state index in [2.05, 4.69) is 39.2 Å². The molecule has 2 aromatic carbocycles. The molecular weight excluding hydrogens is 687 g/mol. The van der Waals surface area contributed by atoms with E-state index in [1.54, 1.807) is 31.2 Å². The van der Waals surface area contributed by atoms with Crippen LogP contribution in [0.15, 0.2) is 60.7 Å². The van der Waals surface area contributed by atoms with Gasteiger partial charge in [0.15, 0.2) is 0 Å². The fourth-order valence-corrected chi connectivity index (χ4v) is 5.50. The van der Waals surface area contributed by atoms with E-state index in [-0.39, 0.29) is 25.7 Å². The standard InChI is InChI=1S/C36H55N9O6S/c1-23(52)31(36(51)43-28(17-9-11-19-38)35(50)44-29(32(40)47)21-25-14-6-3-7-15-25)45-30(46)22-41-34(49)27(16-8-10-18-37)42-33(48)26(39)20-24-12-4-2-5-13-24/h2-7,12-15,23,26-29,31,52H,8-11,16-22,37-39H2,1H3,(H2,40,47)(H,41,49)(H,42,48)(H,43,51)(H,44,50)(H,45,46)/t23-,26+,27+,28+,29+,31-/m1/s1. The Morgan fingerprint density at radius 2 is 1.12 bits per heavy atom. The van der Waals surface area contributed by atoms with Crippen LogP contribution in [-0.4, -0.2) is 90.5 Å². The van der Waals surface area contributed by atoms with E-state index in [9.17, 15) is 28.8 Å². The Hall–Kier alpha value is -4.51. The second-order valence-electron chi connectivity index (χ2n) is 12.6. The molecule has 52 heavy (non-hydrogen) atoms. The van der Waals surface area contributed by atoms with E-state index in [0.29, 0.717) is 38.8 Å². The number of benzene rings is 2. The molecule has 0 aliphatic heterocycles. The van der Waals surface area contributed by atoms with Gasteiger partial charge in [-0.2, -0.15) is 12.6 Å². The third-order valence-corrected chi connectivity index (χ3v) is 8.54. The van der Waals surface area contributed by atoms with E-state index < -0.39 is 77.4 Å². The molecule has 286 valence electrons. The maximum Gasteiger partial charge on any atom is 0.244 e. The molecule has 0 bridgehead atoms. The van der Waals surface area contributed by atoms with Crippen LogP contribution in [0.2, 0.25) is 0 Å². The first-order valence-electron chi connectivity index (χ1n) is 17.5. The van der Waals surface area contributed by atoms with Crippen molar-refractivity contribution in [3.63, 3.8) is 0 Å². The highest BCUT2D eigenvalue weighted by molar-refractivity contribution is 7.81. The molecule has 0 spiro atoms. The predicted molar refractivity (Wildman–Crippen MR) is 202 cm³/mol. The summed E-state index contributed by atoms with van der Waals surface area (Å²) in [7, 11) is 0. The highest BCUT2D eigenvalue weighted by Gasteiger charge is 2.31. The van der Waals surface area contributed by atoms with Crippen LogP contribution in [0.4, 0.5) is 0 Å². The Kier molecular flexibility index (Phi) is 20.0. The van der Waals surface area contributed by atoms with Gasteiger partial charge in [0, 0.05) is 11.7 Å². The molecule has 2 aromatic rings. The van der Waals surface area contributed by atoms with Gasteiger partial charge in [-0.05, 0) is 69.2 Å². The number of thiol groups is 1. The summed E-state index contributed by atoms with van der Waals surface area (Å²) in [5.74, 6) is -3.90. The van der Waals surface area contributed by atoms with Crippen molar-refractivity contribution in [3.05, 3.63) is 71.8 Å². The number of hydrogen-bond acceptors (Lipinski definition) is 10. The summed E-state index contributed by atoms with van der Waals surface area (Å²) in [4.78, 5) is 78.1. The van der Waals surface area contributed by atoms with E-state index in [1.165, 1.54) is 0 Å². The molecule has 6 amide bonds. The quantitative estimate of drug-likeness (QED) is 0.0463. The first-order chi connectivity index (χ1) is 24.9. The smallest absolute Gasteiger partial charge is 0.244 e. The number of rotatable bonds is 24. The van der Waals surface area contributed by atoms with Crippen molar-refractivity contribution in [2.75, 3.05) is 19.6 Å². The van der Waals surface area contributed by atoms with Gasteiger partial charge in [0.25, 0.3) is 0 Å². The third kappa shape index (κ3) is 16.2. The molecule has 6 atom stereocenters. The number of hydrogen-bond donors (Lipinski definition) is 10. The second kappa shape index (κ2) is 23.9. The Bertz CT molecular complexity index is 1430. The van der Waals surface area contributed by atoms with Crippen LogP contribution in [0, 0.1) is 0 Å². The van der Waals surface area contributed by atoms with Crippen LogP contribution in [-0.2, 0) is 41.6 Å². The molecule has 0 heterocycles. The molecule has 0 unspecified atom stereocenters. The number of unbranched alkanes of at least 4 members (excludes halogenated alkanes) is 2. The van der Waals surface area contributed by atoms with Gasteiger partial charge in [-0.1, -0.05) is 67.6 Å². The lowest BCUT2D eigenvalue weighted by atomic mass is 10.0. The van der Waals surface area contributed by atoms with Gasteiger partial charge in [0.1, 0.15) is 24.2 Å². The maximum absolute atomic E-state index is 13.5. The van der Waals surface area contributed by atoms with E-state index in [1.807, 2.05) is 36.4 Å². The number of nitrogens with one attached hydrogen (secondary N) is 5. The average Bonchev–Trinajstić information content (AvgIpc) is 3.12. The summed E-state index contributed by atoms with van der Waals surface area (Å²) >= 11 is 4.38. The van der Waals surface area contributed by atoms with Crippen LogP contribution in [0.5, 0.6) is 0 Å². The van der Waals surface area contributed by atoms with Gasteiger partial charge in [-0.25, -0.2) is 0 Å². The van der Waals surface area contributed by atoms with Crippen molar-refractivity contribution in [1.82, 2.24) is 26.6 Å². The van der Waals surface area contributed by atoms with Crippen LogP contribution < -0.4 is 49.5 Å². The van der Waals surface area contributed by atoms with E-state index in [0.717, 1.165) is 11.1 Å². The monoisotopic (exact) mass is 741 g/mol. The van der Waals surface area contributed by atoms with Gasteiger partial charge in [0.2, 0.25) is 35.4 Å². The molecule has 0 aliphatic rings. The fourth-order valence-electron chi connectivity index (χ4n) is 5.29. The number of amides is 6. The van der Waals surface area contributed by atoms with Gasteiger partial charge in [-0.15, -0.1) is 0 Å². The number of carbonyl (C=O) groups is 6. The molecule has 0 aliphatic carbocycles. The van der Waals surface area contributed by atoms with Gasteiger partial charge < -0.3 is 49.5 Å². The summed E-state index contributed by atoms with van der Waals surface area (Å²) in [6, 6.07) is 13.0. The summed E-state index contributed by atoms with van der Waals surface area (Å²) in [6.45, 7) is 1.85. The molecule has 0 saturated carbocycles. The van der Waals surface area contributed by atoms with Crippen molar-refractivity contribution >= 4 is 48.1 Å². The van der Waals surface area contributed by atoms with Crippen molar-refractivity contribution in [2.45, 2.75) is 93.7 Å². The minimum atomic E-state index is -1.20. The van der Waals surface area contributed by atoms with Gasteiger partial charge in [-0.3, -0.25) is 28.8 Å². The number of carbonyl (C=O) groups excluding carboxylic acids is 6. The summed E-state index contributed by atoms with van der Waals surface area (Å²) in [6.07, 6.45) is 3.13. The van der Waals surface area contributed by atoms with Gasteiger partial charge in [0.05, 0.1) is 12.6 Å². The van der Waals surface area contributed by atoms with E-state index >= 15 is 0 Å². The zero-order valence-electron chi connectivity index (χ0n) is 29.7. The lowest BCUT2D eigenvalue weighted by Crippen LogP contribution is -2.59. The topological polar surface area (TPSA) is 267 Å². The lowest BCUT2D eigenvalue weighted by molar-refractivity contribution is -0.133. The molecule has 0 radical (unpaired) electrons. The normalized spacial score (nSPS) is 14.4. The summed E-state index contributed by atoms with van der Waals surface area (Å²) in [5.41, 5.74) is 24.6. The van der Waals surface area contributed by atoms with Crippen LogP contribution in [0.1, 0.15) is 56.6 Å². The van der Waals surface area contributed by atoms with Crippen molar-refractivity contribution in [2.24, 2.45) is 22.9 Å². The highest BCUT2D eigenvalue weighted by Crippen LogP contribution is 2.09. The molecule has 0 aromatic heterocycles. The number of primary amides is 1. The second-order valence-corrected chi connectivity index (χ2v) is 13.5. The SMILES string of the molecule is C[C@@H](S)[C@@H](NC(=O)CNC(=O)[C@H](CCCCN)NC(=O)[C@@H](N)Cc1ccccc1)C(=O)N[C@@H](CCCCN)C(=O)N[C@@H](Cc1ccccc1)C(N)=O. The van der Waals surface area contributed by atoms with Crippen LogP contribution in [0.3, 0.4) is 0 Å². The largest absolute Gasteiger partial charge is 0.368 e. The van der Waals surface area contributed by atoms with Crippen molar-refractivity contribution in [3.8, 4) is 0 Å². The molecule has 15 nitrogen and oxygen atoms in total. The molecule has 13 N–H and O–H groups in total. The Labute approximate surface area is 310 Å². The first-order valence-corrected chi connectivity index (χ1v) is 18.1. The molecular formula is C36H55N9O6S. The highest BCUT2D eigenvalue weighted by atomic mass is 32.1. The first kappa shape index (κ1) is 43.7. The van der Waals surface area contributed by atoms with Crippen molar-refractivity contribution in [1.29, 1.82) is 0 Å². The van der Waals surface area contributed by atoms with E-state index in [4.69, 9.17) is 22.9 Å². The third-order valence-electron chi connectivity index (χ3n) is 8.24. The molecule has 16 heteroatoms. The maximum atomic E-state index is 13.5. The Morgan fingerprint density at radius 3 is 1.62 bits per heavy atom. The summed E-state index contributed by atoms with van der Waals surface area (Å²) < 4.78 is 0. The fraction of sp³-hybridized carbons (Fsp3) is 0.500. The summed E-state index contributed by atoms with van der Waals surface area (Å²) in [5, 5.41) is 12.4. The predicted octanol–water partition coefficient (Wildman–Crippen LogP) is -1.08. The van der Waals surface area contributed by atoms with Crippen LogP contribution in [0.25, 0.3) is 0 Å². The number of nitrogens with two attached hydrogens (primary N) is 4. The molecule has 0 fully saturated rings. The lowest BCUT2D eigenvalue weighted by Gasteiger charge is -2.26. The minimum absolute atomic E-state index is 0.154. The Balaban J connectivity index is 2.05. The van der Waals surface area contributed by atoms with Crippen molar-refractivity contribution < 1.29 is 28.8 Å². The van der Waals surface area contributed by atoms with Crippen LogP contribution >= 0.6 is 12.6 Å². The minimum Gasteiger partial charge on any atom is -0.368 e.